The number of halogens is 4. The zero-order valence-electron chi connectivity index (χ0n) is 13.7. The lowest BCUT2D eigenvalue weighted by Crippen LogP contribution is -2.60. The number of esters is 1. The van der Waals surface area contributed by atoms with Crippen molar-refractivity contribution in [3.8, 4) is 0 Å². The smallest absolute Gasteiger partial charge is 0.380 e. The largest absolute Gasteiger partial charge is 0.598 e. The van der Waals surface area contributed by atoms with Crippen LogP contribution in [0, 0.1) is 5.82 Å². The Balaban J connectivity index is 3.47. The van der Waals surface area contributed by atoms with Gasteiger partial charge in [-0.1, -0.05) is 18.2 Å². The highest BCUT2D eigenvalue weighted by Crippen LogP contribution is 2.46. The van der Waals surface area contributed by atoms with E-state index in [2.05, 4.69) is 9.46 Å². The molecule has 4 nitrogen and oxygen atoms in total. The van der Waals surface area contributed by atoms with Gasteiger partial charge in [0.25, 0.3) is 0 Å². The summed E-state index contributed by atoms with van der Waals surface area (Å²) >= 11 is -0.770. The van der Waals surface area contributed by atoms with E-state index in [-0.39, 0.29) is 6.61 Å². The third kappa shape index (κ3) is 4.36. The van der Waals surface area contributed by atoms with E-state index in [1.54, 1.807) is 20.8 Å². The number of hydrogen-bond acceptors (Lipinski definition) is 4. The molecule has 0 amide bonds. The van der Waals surface area contributed by atoms with Crippen molar-refractivity contribution >= 4 is 39.9 Å². The lowest BCUT2D eigenvalue weighted by Gasteiger charge is -2.37. The Kier molecular flexibility index (Phi) is 6.99. The fourth-order valence-corrected chi connectivity index (χ4v) is 3.73. The van der Waals surface area contributed by atoms with Crippen LogP contribution in [0.5, 0.6) is 0 Å². The third-order valence-electron chi connectivity index (χ3n) is 3.00. The number of hydrogen-bond donors (Lipinski definition) is 1. The Bertz CT molecular complexity index is 598. The summed E-state index contributed by atoms with van der Waals surface area (Å²) in [6.45, 7) is 5.82. The zero-order chi connectivity index (χ0) is 18.8. The molecule has 9 heteroatoms. The summed E-state index contributed by atoms with van der Waals surface area (Å²) in [4.78, 5) is 11.8. The quantitative estimate of drug-likeness (QED) is 0.224. The van der Waals surface area contributed by atoms with E-state index < -0.39 is 42.9 Å². The molecule has 1 aromatic rings. The summed E-state index contributed by atoms with van der Waals surface area (Å²) in [7, 11) is 0. The first kappa shape index (κ1) is 21.5. The molecule has 0 aliphatic heterocycles. The second-order valence-corrected chi connectivity index (χ2v) is 9.50. The van der Waals surface area contributed by atoms with Gasteiger partial charge in [0.1, 0.15) is 10.6 Å². The predicted molar refractivity (Wildman–Crippen MR) is 94.7 cm³/mol. The van der Waals surface area contributed by atoms with Crippen LogP contribution in [-0.4, -0.2) is 27.8 Å². The van der Waals surface area contributed by atoms with E-state index in [1.807, 2.05) is 0 Å². The van der Waals surface area contributed by atoms with Crippen LogP contribution in [0.2, 0.25) is 0 Å². The van der Waals surface area contributed by atoms with Gasteiger partial charge >= 0.3 is 11.9 Å². The summed E-state index contributed by atoms with van der Waals surface area (Å²) in [5.74, 6) is -6.93. The molecule has 0 aliphatic rings. The maximum atomic E-state index is 14.8. The predicted octanol–water partition coefficient (Wildman–Crippen LogP) is 3.66. The summed E-state index contributed by atoms with van der Waals surface area (Å²) in [6, 6.07) is 4.79. The topological polar surface area (TPSA) is 61.4 Å². The van der Waals surface area contributed by atoms with Crippen molar-refractivity contribution in [2.75, 3.05) is 6.61 Å². The van der Waals surface area contributed by atoms with Crippen molar-refractivity contribution in [1.82, 2.24) is 4.72 Å². The number of rotatable bonds is 6. The first-order valence-corrected chi connectivity index (χ1v) is 9.29. The van der Waals surface area contributed by atoms with Gasteiger partial charge in [0.05, 0.1) is 6.61 Å². The van der Waals surface area contributed by atoms with Crippen LogP contribution in [0.4, 0.5) is 13.2 Å². The van der Waals surface area contributed by atoms with E-state index in [4.69, 9.17) is 0 Å². The second-order valence-electron chi connectivity index (χ2n) is 5.92. The van der Waals surface area contributed by atoms with Gasteiger partial charge < -0.3 is 9.29 Å². The van der Waals surface area contributed by atoms with Crippen LogP contribution in [0.15, 0.2) is 24.3 Å². The standard InChI is InChI=1S/C15H19F3INO3S/c1-5-23-12(21)14(17,18)15(19,20-24(22)13(2,3)4)10-8-6-7-9-11(10)16/h6-9,20H,5H2,1-4H3/t15-,24?/m1/s1. The van der Waals surface area contributed by atoms with E-state index in [1.165, 1.54) is 41.6 Å². The van der Waals surface area contributed by atoms with Crippen molar-refractivity contribution in [2.45, 2.75) is 41.9 Å². The fraction of sp³-hybridized carbons (Fsp3) is 0.533. The van der Waals surface area contributed by atoms with Crippen molar-refractivity contribution in [1.29, 1.82) is 0 Å². The highest BCUT2D eigenvalue weighted by Gasteiger charge is 2.64. The molecule has 1 aromatic carbocycles. The molecule has 0 radical (unpaired) electrons. The van der Waals surface area contributed by atoms with Gasteiger partial charge in [0, 0.05) is 16.9 Å². The average molecular weight is 477 g/mol. The Morgan fingerprint density at radius 1 is 1.33 bits per heavy atom. The Morgan fingerprint density at radius 3 is 2.33 bits per heavy atom. The molecule has 0 saturated carbocycles. The van der Waals surface area contributed by atoms with Crippen LogP contribution < -0.4 is 4.72 Å². The minimum atomic E-state index is -4.16. The van der Waals surface area contributed by atoms with Gasteiger partial charge in [-0.15, -0.1) is 4.72 Å². The molecular formula is C15H19F3INO3S. The Hall–Kier alpha value is -0.520. The number of alkyl halides is 3. The molecule has 0 bridgehead atoms. The molecule has 136 valence electrons. The number of ether oxygens (including phenoxy) is 1. The molecule has 0 fully saturated rings. The van der Waals surface area contributed by atoms with E-state index in [0.717, 1.165) is 12.1 Å². The molecule has 0 aromatic heterocycles. The second kappa shape index (κ2) is 7.79. The average Bonchev–Trinajstić information content (AvgIpc) is 2.46. The lowest BCUT2D eigenvalue weighted by molar-refractivity contribution is -0.176. The molecule has 1 rings (SSSR count). The van der Waals surface area contributed by atoms with Gasteiger partial charge in [-0.25, -0.2) is 9.18 Å². The van der Waals surface area contributed by atoms with Gasteiger partial charge in [0.15, 0.2) is 0 Å². The van der Waals surface area contributed by atoms with E-state index >= 15 is 0 Å². The van der Waals surface area contributed by atoms with Gasteiger partial charge in [-0.05, 0) is 56.4 Å². The van der Waals surface area contributed by atoms with E-state index in [0.29, 0.717) is 0 Å². The number of carbonyl (C=O) groups is 1. The van der Waals surface area contributed by atoms with Crippen molar-refractivity contribution < 1.29 is 27.3 Å². The van der Waals surface area contributed by atoms with Gasteiger partial charge in [-0.3, -0.25) is 0 Å². The molecule has 0 saturated heterocycles. The highest BCUT2D eigenvalue weighted by molar-refractivity contribution is 14.1. The molecule has 1 N–H and O–H groups in total. The lowest BCUT2D eigenvalue weighted by atomic mass is 10.0. The number of carbonyl (C=O) groups excluding carboxylic acids is 1. The maximum Gasteiger partial charge on any atom is 0.380 e. The first-order valence-electron chi connectivity index (χ1n) is 7.06. The number of nitrogens with one attached hydrogen (secondary N) is 1. The van der Waals surface area contributed by atoms with Crippen LogP contribution in [0.25, 0.3) is 0 Å². The number of benzene rings is 1. The summed E-state index contributed by atoms with van der Waals surface area (Å²) in [6.07, 6.45) is 0. The van der Waals surface area contributed by atoms with Crippen LogP contribution in [-0.2, 0) is 24.4 Å². The first-order chi connectivity index (χ1) is 10.9. The molecule has 0 spiro atoms. The Labute approximate surface area is 156 Å². The highest BCUT2D eigenvalue weighted by atomic mass is 127. The maximum absolute atomic E-state index is 14.8. The van der Waals surface area contributed by atoms with E-state index in [9.17, 15) is 22.5 Å². The van der Waals surface area contributed by atoms with Crippen LogP contribution in [0.3, 0.4) is 0 Å². The van der Waals surface area contributed by atoms with Gasteiger partial charge in [-0.2, -0.15) is 8.78 Å². The molecule has 1 unspecified atom stereocenters. The summed E-state index contributed by atoms with van der Waals surface area (Å²) in [5, 5.41) is 0. The summed E-state index contributed by atoms with van der Waals surface area (Å²) < 4.78 is 59.4. The molecule has 0 heterocycles. The van der Waals surface area contributed by atoms with Crippen LogP contribution in [0.1, 0.15) is 33.3 Å². The minimum absolute atomic E-state index is 0.263. The van der Waals surface area contributed by atoms with Crippen LogP contribution >= 0.6 is 22.6 Å². The Morgan fingerprint density at radius 2 is 1.88 bits per heavy atom. The van der Waals surface area contributed by atoms with Gasteiger partial charge in [0.2, 0.25) is 3.55 Å². The van der Waals surface area contributed by atoms with Crippen molar-refractivity contribution in [2.24, 2.45) is 0 Å². The molecular weight excluding hydrogens is 458 g/mol. The SMILES string of the molecule is CCOC(=O)C(F)(F)[C@](I)(N[S+]([O-])C(C)(C)C)c1ccccc1F. The fourth-order valence-electron chi connectivity index (χ4n) is 1.67. The zero-order valence-corrected chi connectivity index (χ0v) is 16.6. The van der Waals surface area contributed by atoms with Crippen molar-refractivity contribution in [3.63, 3.8) is 0 Å². The molecule has 2 atom stereocenters. The molecule has 24 heavy (non-hydrogen) atoms. The normalized spacial score (nSPS) is 16.4. The summed E-state index contributed by atoms with van der Waals surface area (Å²) in [5.41, 5.74) is -0.485. The van der Waals surface area contributed by atoms with Crippen molar-refractivity contribution in [3.05, 3.63) is 35.6 Å². The third-order valence-corrected chi connectivity index (χ3v) is 6.50. The molecule has 0 aliphatic carbocycles. The monoisotopic (exact) mass is 477 g/mol. The minimum Gasteiger partial charge on any atom is -0.598 e.